The van der Waals surface area contributed by atoms with Crippen molar-refractivity contribution in [2.75, 3.05) is 11.1 Å². The number of nitrogens with zero attached hydrogens (tertiary/aromatic N) is 3. The van der Waals surface area contributed by atoms with Gasteiger partial charge in [0.15, 0.2) is 11.3 Å². The van der Waals surface area contributed by atoms with E-state index in [1.165, 1.54) is 17.5 Å². The first-order valence-corrected chi connectivity index (χ1v) is 6.65. The van der Waals surface area contributed by atoms with Crippen LogP contribution >= 0.6 is 0 Å². The van der Waals surface area contributed by atoms with Gasteiger partial charge in [0.1, 0.15) is 5.82 Å². The molecular formula is C14H14N6. The molecule has 0 radical (unpaired) electrons. The van der Waals surface area contributed by atoms with E-state index in [-0.39, 0.29) is 0 Å². The van der Waals surface area contributed by atoms with Gasteiger partial charge < -0.3 is 11.1 Å². The monoisotopic (exact) mass is 266 g/mol. The maximum absolute atomic E-state index is 5.71. The van der Waals surface area contributed by atoms with E-state index in [2.05, 4.69) is 43.7 Å². The molecule has 0 bridgehead atoms. The van der Waals surface area contributed by atoms with Crippen LogP contribution in [-0.4, -0.2) is 20.2 Å². The van der Waals surface area contributed by atoms with Crippen LogP contribution in [0.1, 0.15) is 17.5 Å². The molecule has 4 rings (SSSR count). The first kappa shape index (κ1) is 11.2. The van der Waals surface area contributed by atoms with Gasteiger partial charge in [-0.3, -0.25) is 5.10 Å². The highest BCUT2D eigenvalue weighted by Gasteiger charge is 2.15. The van der Waals surface area contributed by atoms with E-state index in [0.29, 0.717) is 22.8 Å². The summed E-state index contributed by atoms with van der Waals surface area (Å²) in [4.78, 5) is 8.71. The molecule has 0 atom stereocenters. The highest BCUT2D eigenvalue weighted by atomic mass is 15.2. The molecule has 0 unspecified atom stereocenters. The Bertz CT molecular complexity index is 791. The Morgan fingerprint density at radius 2 is 2.20 bits per heavy atom. The summed E-state index contributed by atoms with van der Waals surface area (Å²) in [6.07, 6.45) is 5.17. The number of aromatic nitrogens is 4. The van der Waals surface area contributed by atoms with Crippen molar-refractivity contribution < 1.29 is 0 Å². The predicted octanol–water partition coefficient (Wildman–Crippen LogP) is 2.17. The highest BCUT2D eigenvalue weighted by molar-refractivity contribution is 5.82. The van der Waals surface area contributed by atoms with Gasteiger partial charge in [0, 0.05) is 5.69 Å². The topological polar surface area (TPSA) is 92.5 Å². The zero-order chi connectivity index (χ0) is 13.5. The van der Waals surface area contributed by atoms with E-state index < -0.39 is 0 Å². The third-order valence-electron chi connectivity index (χ3n) is 3.70. The van der Waals surface area contributed by atoms with Crippen LogP contribution in [0.15, 0.2) is 24.4 Å². The molecule has 0 fully saturated rings. The largest absolute Gasteiger partial charge is 0.382 e. The number of fused-ring (bicyclic) bond motifs is 2. The molecule has 100 valence electrons. The van der Waals surface area contributed by atoms with E-state index in [4.69, 9.17) is 5.73 Å². The Balaban J connectivity index is 1.72. The summed E-state index contributed by atoms with van der Waals surface area (Å²) in [6, 6.07) is 6.34. The zero-order valence-electron chi connectivity index (χ0n) is 10.8. The van der Waals surface area contributed by atoms with Gasteiger partial charge in [0.2, 0.25) is 5.65 Å². The van der Waals surface area contributed by atoms with Crippen molar-refractivity contribution in [1.82, 2.24) is 20.2 Å². The standard InChI is InChI=1S/C14H14N6/c15-13-12-14(20-19-13)18-11(7-16-12)17-10-6-2-4-8-3-1-5-9(8)10/h2,4,6-7H,1,3,5H2,(H4,15,17,18,19,20). The molecule has 0 amide bonds. The number of anilines is 3. The molecule has 4 N–H and O–H groups in total. The van der Waals surface area contributed by atoms with Crippen LogP contribution in [0.4, 0.5) is 17.3 Å². The van der Waals surface area contributed by atoms with Gasteiger partial charge in [-0.05, 0) is 36.5 Å². The fourth-order valence-electron chi connectivity index (χ4n) is 2.75. The van der Waals surface area contributed by atoms with E-state index in [9.17, 15) is 0 Å². The molecule has 6 heteroatoms. The molecule has 0 aliphatic heterocycles. The molecule has 1 aliphatic rings. The van der Waals surface area contributed by atoms with Gasteiger partial charge in [0.25, 0.3) is 0 Å². The normalized spacial score (nSPS) is 13.6. The van der Waals surface area contributed by atoms with Crippen LogP contribution in [0, 0.1) is 0 Å². The number of rotatable bonds is 2. The molecular weight excluding hydrogens is 252 g/mol. The number of H-pyrrole nitrogens is 1. The lowest BCUT2D eigenvalue weighted by atomic mass is 10.1. The molecule has 3 aromatic rings. The summed E-state index contributed by atoms with van der Waals surface area (Å²) in [5, 5.41) is 10.1. The minimum atomic E-state index is 0.444. The molecule has 2 heterocycles. The first-order valence-electron chi connectivity index (χ1n) is 6.65. The quantitative estimate of drug-likeness (QED) is 0.661. The zero-order valence-corrected chi connectivity index (χ0v) is 10.8. The van der Waals surface area contributed by atoms with E-state index in [0.717, 1.165) is 18.5 Å². The van der Waals surface area contributed by atoms with E-state index in [1.807, 2.05) is 0 Å². The third kappa shape index (κ3) is 1.69. The minimum Gasteiger partial charge on any atom is -0.382 e. The highest BCUT2D eigenvalue weighted by Crippen LogP contribution is 2.30. The Labute approximate surface area is 115 Å². The predicted molar refractivity (Wildman–Crippen MR) is 77.8 cm³/mol. The summed E-state index contributed by atoms with van der Waals surface area (Å²) < 4.78 is 0. The molecule has 0 saturated carbocycles. The lowest BCUT2D eigenvalue weighted by Gasteiger charge is -2.10. The van der Waals surface area contributed by atoms with Crippen molar-refractivity contribution >= 4 is 28.5 Å². The second-order valence-corrected chi connectivity index (χ2v) is 4.99. The number of aromatic amines is 1. The third-order valence-corrected chi connectivity index (χ3v) is 3.70. The van der Waals surface area contributed by atoms with E-state index in [1.54, 1.807) is 6.20 Å². The average molecular weight is 266 g/mol. The number of nitrogens with two attached hydrogens (primary N) is 1. The lowest BCUT2D eigenvalue weighted by molar-refractivity contribution is 0.912. The Morgan fingerprint density at radius 3 is 3.15 bits per heavy atom. The maximum atomic E-state index is 5.71. The summed E-state index contributed by atoms with van der Waals surface area (Å²) >= 11 is 0. The molecule has 1 aliphatic carbocycles. The van der Waals surface area contributed by atoms with Crippen molar-refractivity contribution in [3.05, 3.63) is 35.5 Å². The van der Waals surface area contributed by atoms with Crippen LogP contribution in [0.25, 0.3) is 11.2 Å². The molecule has 1 aromatic carbocycles. The summed E-state index contributed by atoms with van der Waals surface area (Å²) in [7, 11) is 0. The van der Waals surface area contributed by atoms with Crippen molar-refractivity contribution in [1.29, 1.82) is 0 Å². The molecule has 0 spiro atoms. The number of nitrogen functional groups attached to an aromatic ring is 1. The summed E-state index contributed by atoms with van der Waals surface area (Å²) in [5.74, 6) is 1.13. The van der Waals surface area contributed by atoms with Crippen molar-refractivity contribution in [3.63, 3.8) is 0 Å². The number of nitrogens with one attached hydrogen (secondary N) is 2. The van der Waals surface area contributed by atoms with Gasteiger partial charge in [-0.1, -0.05) is 12.1 Å². The Kier molecular flexibility index (Phi) is 2.35. The van der Waals surface area contributed by atoms with Crippen LogP contribution < -0.4 is 11.1 Å². The van der Waals surface area contributed by atoms with Crippen LogP contribution in [0.3, 0.4) is 0 Å². The van der Waals surface area contributed by atoms with Crippen molar-refractivity contribution in [2.45, 2.75) is 19.3 Å². The number of benzene rings is 1. The lowest BCUT2D eigenvalue weighted by Crippen LogP contribution is -1.99. The van der Waals surface area contributed by atoms with Crippen LogP contribution in [-0.2, 0) is 12.8 Å². The SMILES string of the molecule is Nc1[nH]nc2nc(Nc3cccc4c3CCC4)cnc12. The second-order valence-electron chi connectivity index (χ2n) is 4.99. The van der Waals surface area contributed by atoms with Gasteiger partial charge in [0.05, 0.1) is 6.20 Å². The molecule has 0 saturated heterocycles. The number of hydrogen-bond donors (Lipinski definition) is 3. The minimum absolute atomic E-state index is 0.444. The second kappa shape index (κ2) is 4.19. The molecule has 6 nitrogen and oxygen atoms in total. The maximum Gasteiger partial charge on any atom is 0.203 e. The number of hydrogen-bond acceptors (Lipinski definition) is 5. The Hall–Kier alpha value is -2.63. The van der Waals surface area contributed by atoms with Crippen molar-refractivity contribution in [2.24, 2.45) is 0 Å². The molecule has 20 heavy (non-hydrogen) atoms. The van der Waals surface area contributed by atoms with Gasteiger partial charge >= 0.3 is 0 Å². The van der Waals surface area contributed by atoms with Gasteiger partial charge in [-0.25, -0.2) is 9.97 Å². The fraction of sp³-hybridized carbons (Fsp3) is 0.214. The molecule has 2 aromatic heterocycles. The fourth-order valence-corrected chi connectivity index (χ4v) is 2.75. The first-order chi connectivity index (χ1) is 9.81. The Morgan fingerprint density at radius 1 is 1.25 bits per heavy atom. The van der Waals surface area contributed by atoms with E-state index >= 15 is 0 Å². The summed E-state index contributed by atoms with van der Waals surface area (Å²) in [6.45, 7) is 0. The van der Waals surface area contributed by atoms with Crippen molar-refractivity contribution in [3.8, 4) is 0 Å². The van der Waals surface area contributed by atoms with Crippen LogP contribution in [0.2, 0.25) is 0 Å². The average Bonchev–Trinajstić information content (AvgIpc) is 3.07. The van der Waals surface area contributed by atoms with Gasteiger partial charge in [-0.2, -0.15) is 5.10 Å². The smallest absolute Gasteiger partial charge is 0.203 e. The van der Waals surface area contributed by atoms with Gasteiger partial charge in [-0.15, -0.1) is 0 Å². The number of aryl methyl sites for hydroxylation is 1. The van der Waals surface area contributed by atoms with Crippen LogP contribution in [0.5, 0.6) is 0 Å². The summed E-state index contributed by atoms with van der Waals surface area (Å²) in [5.41, 5.74) is 10.8.